The summed E-state index contributed by atoms with van der Waals surface area (Å²) in [6.45, 7) is 14.3. The molecule has 0 spiro atoms. The van der Waals surface area contributed by atoms with Crippen LogP contribution in [-0.4, -0.2) is 0 Å². The zero-order chi connectivity index (χ0) is 11.9. The molecule has 0 N–H and O–H groups in total. The van der Waals surface area contributed by atoms with Crippen LogP contribution in [0.15, 0.2) is 0 Å². The Balaban J connectivity index is 3.89. The molecular formula is C15H32. The van der Waals surface area contributed by atoms with E-state index in [2.05, 4.69) is 41.5 Å². The molecule has 0 radical (unpaired) electrons. The molecule has 2 unspecified atom stereocenters. The largest absolute Gasteiger partial charge is 0.0654 e. The van der Waals surface area contributed by atoms with Gasteiger partial charge in [0.05, 0.1) is 0 Å². The first-order valence-corrected chi connectivity index (χ1v) is 6.93. The Kier molecular flexibility index (Phi) is 7.30. The van der Waals surface area contributed by atoms with Gasteiger partial charge in [-0.25, -0.2) is 0 Å². The Morgan fingerprint density at radius 2 is 1.53 bits per heavy atom. The predicted molar refractivity (Wildman–Crippen MR) is 71.2 cm³/mol. The topological polar surface area (TPSA) is 0 Å². The highest BCUT2D eigenvalue weighted by atomic mass is 14.3. The van der Waals surface area contributed by atoms with Crippen LogP contribution >= 0.6 is 0 Å². The first-order chi connectivity index (χ1) is 6.93. The maximum Gasteiger partial charge on any atom is -0.0352 e. The lowest BCUT2D eigenvalue weighted by atomic mass is 9.75. The van der Waals surface area contributed by atoms with Gasteiger partial charge in [0.1, 0.15) is 0 Å². The molecule has 15 heavy (non-hydrogen) atoms. The Bertz CT molecular complexity index is 146. The quantitative estimate of drug-likeness (QED) is 0.455. The Morgan fingerprint density at radius 3 is 2.00 bits per heavy atom. The van der Waals surface area contributed by atoms with Crippen LogP contribution in [0.1, 0.15) is 80.1 Å². The van der Waals surface area contributed by atoms with E-state index in [1.165, 1.54) is 38.5 Å². The average Bonchev–Trinajstić information content (AvgIpc) is 2.16. The van der Waals surface area contributed by atoms with Crippen LogP contribution in [0.25, 0.3) is 0 Å². The van der Waals surface area contributed by atoms with Gasteiger partial charge in [0, 0.05) is 0 Å². The SMILES string of the molecule is CCCCCC(C)(C)CC(C)C(C)CC. The van der Waals surface area contributed by atoms with Gasteiger partial charge in [-0.1, -0.05) is 67.2 Å². The van der Waals surface area contributed by atoms with Crippen molar-refractivity contribution in [1.29, 1.82) is 0 Å². The van der Waals surface area contributed by atoms with E-state index >= 15 is 0 Å². The zero-order valence-corrected chi connectivity index (χ0v) is 11.9. The van der Waals surface area contributed by atoms with Crippen LogP contribution in [0.2, 0.25) is 0 Å². The van der Waals surface area contributed by atoms with Gasteiger partial charge in [-0.3, -0.25) is 0 Å². The molecule has 0 aliphatic carbocycles. The second kappa shape index (κ2) is 7.30. The molecule has 0 nitrogen and oxygen atoms in total. The van der Waals surface area contributed by atoms with Crippen molar-refractivity contribution in [1.82, 2.24) is 0 Å². The van der Waals surface area contributed by atoms with E-state index in [4.69, 9.17) is 0 Å². The van der Waals surface area contributed by atoms with Crippen molar-refractivity contribution in [2.75, 3.05) is 0 Å². The number of rotatable bonds is 8. The fraction of sp³-hybridized carbons (Fsp3) is 1.00. The third-order valence-electron chi connectivity index (χ3n) is 3.95. The second-order valence-electron chi connectivity index (χ2n) is 6.19. The van der Waals surface area contributed by atoms with E-state index in [0.29, 0.717) is 5.41 Å². The molecule has 0 rings (SSSR count). The highest BCUT2D eigenvalue weighted by Gasteiger charge is 2.22. The smallest absolute Gasteiger partial charge is 0.0352 e. The van der Waals surface area contributed by atoms with Crippen molar-refractivity contribution in [3.63, 3.8) is 0 Å². The maximum absolute atomic E-state index is 2.45. The van der Waals surface area contributed by atoms with Crippen molar-refractivity contribution in [3.8, 4) is 0 Å². The van der Waals surface area contributed by atoms with Crippen molar-refractivity contribution in [3.05, 3.63) is 0 Å². The second-order valence-corrected chi connectivity index (χ2v) is 6.19. The Morgan fingerprint density at radius 1 is 0.933 bits per heavy atom. The standard InChI is InChI=1S/C15H32/c1-7-9-10-11-15(5,6)12-14(4)13(3)8-2/h13-14H,7-12H2,1-6H3. The number of hydrogen-bond acceptors (Lipinski definition) is 0. The molecule has 0 aliphatic heterocycles. The highest BCUT2D eigenvalue weighted by Crippen LogP contribution is 2.34. The summed E-state index contributed by atoms with van der Waals surface area (Å²) >= 11 is 0. The summed E-state index contributed by atoms with van der Waals surface area (Å²) in [5.74, 6) is 1.77. The molecule has 0 amide bonds. The molecular weight excluding hydrogens is 180 g/mol. The molecule has 0 aliphatic rings. The monoisotopic (exact) mass is 212 g/mol. The first kappa shape index (κ1) is 15.0. The first-order valence-electron chi connectivity index (χ1n) is 6.93. The van der Waals surface area contributed by atoms with Gasteiger partial charge in [-0.2, -0.15) is 0 Å². The maximum atomic E-state index is 2.45. The zero-order valence-electron chi connectivity index (χ0n) is 11.9. The molecule has 0 aromatic carbocycles. The van der Waals surface area contributed by atoms with Crippen LogP contribution in [0.3, 0.4) is 0 Å². The van der Waals surface area contributed by atoms with Gasteiger partial charge in [0.2, 0.25) is 0 Å². The Labute approximate surface area is 97.8 Å². The molecule has 0 heterocycles. The number of unbranched alkanes of at least 4 members (excludes halogenated alkanes) is 2. The van der Waals surface area contributed by atoms with Gasteiger partial charge >= 0.3 is 0 Å². The summed E-state index contributed by atoms with van der Waals surface area (Å²) < 4.78 is 0. The summed E-state index contributed by atoms with van der Waals surface area (Å²) in [5.41, 5.74) is 0.554. The van der Waals surface area contributed by atoms with Crippen molar-refractivity contribution >= 4 is 0 Å². The van der Waals surface area contributed by atoms with Crippen LogP contribution in [0, 0.1) is 17.3 Å². The minimum absolute atomic E-state index is 0.554. The normalized spacial score (nSPS) is 16.4. The Hall–Kier alpha value is 0. The van der Waals surface area contributed by atoms with Crippen molar-refractivity contribution in [2.24, 2.45) is 17.3 Å². The van der Waals surface area contributed by atoms with Gasteiger partial charge in [0.15, 0.2) is 0 Å². The highest BCUT2D eigenvalue weighted by molar-refractivity contribution is 4.74. The molecule has 0 aromatic rings. The molecule has 92 valence electrons. The van der Waals surface area contributed by atoms with Crippen LogP contribution in [-0.2, 0) is 0 Å². The molecule has 2 atom stereocenters. The van der Waals surface area contributed by atoms with Crippen LogP contribution < -0.4 is 0 Å². The van der Waals surface area contributed by atoms with Crippen LogP contribution in [0.5, 0.6) is 0 Å². The lowest BCUT2D eigenvalue weighted by molar-refractivity contribution is 0.207. The average molecular weight is 212 g/mol. The van der Waals surface area contributed by atoms with Gasteiger partial charge < -0.3 is 0 Å². The summed E-state index contributed by atoms with van der Waals surface area (Å²) in [6, 6.07) is 0. The minimum atomic E-state index is 0.554. The molecule has 0 bridgehead atoms. The van der Waals surface area contributed by atoms with E-state index in [1.807, 2.05) is 0 Å². The summed E-state index contributed by atoms with van der Waals surface area (Å²) in [6.07, 6.45) is 8.29. The van der Waals surface area contributed by atoms with E-state index in [9.17, 15) is 0 Å². The van der Waals surface area contributed by atoms with Gasteiger partial charge in [-0.15, -0.1) is 0 Å². The third-order valence-corrected chi connectivity index (χ3v) is 3.95. The van der Waals surface area contributed by atoms with Gasteiger partial charge in [0.25, 0.3) is 0 Å². The molecule has 0 saturated heterocycles. The lowest BCUT2D eigenvalue weighted by Crippen LogP contribution is -2.19. The van der Waals surface area contributed by atoms with Crippen molar-refractivity contribution in [2.45, 2.75) is 80.1 Å². The molecule has 0 saturated carbocycles. The fourth-order valence-electron chi connectivity index (χ4n) is 2.43. The predicted octanol–water partition coefficient (Wildman–Crippen LogP) is 5.67. The third kappa shape index (κ3) is 6.98. The molecule has 0 aromatic heterocycles. The number of hydrogen-bond donors (Lipinski definition) is 0. The van der Waals surface area contributed by atoms with Gasteiger partial charge in [-0.05, 0) is 30.1 Å². The van der Waals surface area contributed by atoms with Crippen molar-refractivity contribution < 1.29 is 0 Å². The summed E-state index contributed by atoms with van der Waals surface area (Å²) in [5, 5.41) is 0. The fourth-order valence-corrected chi connectivity index (χ4v) is 2.43. The lowest BCUT2D eigenvalue weighted by Gasteiger charge is -2.30. The minimum Gasteiger partial charge on any atom is -0.0654 e. The summed E-state index contributed by atoms with van der Waals surface area (Å²) in [4.78, 5) is 0. The van der Waals surface area contributed by atoms with E-state index in [1.54, 1.807) is 0 Å². The molecule has 0 heteroatoms. The summed E-state index contributed by atoms with van der Waals surface area (Å²) in [7, 11) is 0. The van der Waals surface area contributed by atoms with E-state index < -0.39 is 0 Å². The van der Waals surface area contributed by atoms with E-state index in [0.717, 1.165) is 11.8 Å². The molecule has 0 fully saturated rings. The van der Waals surface area contributed by atoms with E-state index in [-0.39, 0.29) is 0 Å². The van der Waals surface area contributed by atoms with Crippen LogP contribution in [0.4, 0.5) is 0 Å².